The fourth-order valence-electron chi connectivity index (χ4n) is 8.98. The highest BCUT2D eigenvalue weighted by molar-refractivity contribution is 5.90. The summed E-state index contributed by atoms with van der Waals surface area (Å²) in [4.78, 5) is 28.8. The van der Waals surface area contributed by atoms with Gasteiger partial charge in [0.2, 0.25) is 12.0 Å². The van der Waals surface area contributed by atoms with Gasteiger partial charge in [0.1, 0.15) is 54.6 Å². The molecule has 0 amide bonds. The zero-order valence-corrected chi connectivity index (χ0v) is 32.5. The molecule has 4 aromatic rings. The van der Waals surface area contributed by atoms with Crippen LogP contribution in [0.2, 0.25) is 0 Å². The Morgan fingerprint density at radius 3 is 2.52 bits per heavy atom. The van der Waals surface area contributed by atoms with Gasteiger partial charge in [-0.2, -0.15) is 0 Å². The Morgan fingerprint density at radius 1 is 0.967 bits per heavy atom. The second-order valence-electron chi connectivity index (χ2n) is 15.2. The molecule has 60 heavy (non-hydrogen) atoms. The molecule has 4 aromatic carbocycles. The number of nitrogens with two attached hydrogens (primary N) is 1. The molecule has 0 aromatic heterocycles. The first-order valence-corrected chi connectivity index (χ1v) is 19.4. The molecule has 16 heteroatoms. The van der Waals surface area contributed by atoms with Gasteiger partial charge in [-0.25, -0.2) is 0 Å². The molecule has 0 aliphatic carbocycles. The molecule has 10 atom stereocenters. The van der Waals surface area contributed by atoms with E-state index in [4.69, 9.17) is 43.9 Å². The van der Waals surface area contributed by atoms with E-state index < -0.39 is 73.0 Å². The maximum atomic E-state index is 12.6. The van der Waals surface area contributed by atoms with Crippen LogP contribution in [-0.2, 0) is 25.5 Å². The zero-order chi connectivity index (χ0) is 41.9. The van der Waals surface area contributed by atoms with Crippen LogP contribution in [0.15, 0.2) is 96.1 Å². The molecule has 0 radical (unpaired) electrons. The SMILES string of the molecule is COc1ccc2c(c1OC)OC1c3c(cc(OC4OC5(C=CNC(N)C5OC(=O)CC(=O)O)C(O)C(O)C4O)cc3C3=c4ccccc4=NC3)OC(Cc3ccccc3)C21. The lowest BCUT2D eigenvalue weighted by Crippen LogP contribution is -2.74. The number of aliphatic hydroxyl groups is 3. The van der Waals surface area contributed by atoms with Gasteiger partial charge in [-0.1, -0.05) is 54.6 Å². The Hall–Kier alpha value is -6.17. The first-order valence-electron chi connectivity index (χ1n) is 19.4. The van der Waals surface area contributed by atoms with Gasteiger partial charge >= 0.3 is 11.9 Å². The third-order valence-electron chi connectivity index (χ3n) is 11.7. The summed E-state index contributed by atoms with van der Waals surface area (Å²) in [6.45, 7) is 0.319. The van der Waals surface area contributed by atoms with Crippen LogP contribution in [0.4, 0.5) is 0 Å². The highest BCUT2D eigenvalue weighted by Gasteiger charge is 2.61. The molecule has 9 rings (SSSR count). The number of benzene rings is 4. The van der Waals surface area contributed by atoms with E-state index in [2.05, 4.69) is 5.32 Å². The van der Waals surface area contributed by atoms with Crippen LogP contribution in [0.25, 0.3) is 5.57 Å². The Morgan fingerprint density at radius 2 is 1.75 bits per heavy atom. The zero-order valence-electron chi connectivity index (χ0n) is 32.5. The van der Waals surface area contributed by atoms with E-state index in [1.54, 1.807) is 26.4 Å². The first kappa shape index (κ1) is 39.3. The van der Waals surface area contributed by atoms with Crippen LogP contribution < -0.4 is 45.3 Å². The number of fused-ring (bicyclic) bond motifs is 6. The van der Waals surface area contributed by atoms with Gasteiger partial charge < -0.3 is 64.6 Å². The van der Waals surface area contributed by atoms with Gasteiger partial charge in [0, 0.05) is 28.8 Å². The van der Waals surface area contributed by atoms with Gasteiger partial charge in [-0.05, 0) is 47.2 Å². The van der Waals surface area contributed by atoms with Crippen molar-refractivity contribution in [3.63, 3.8) is 0 Å². The first-order chi connectivity index (χ1) is 29.0. The molecule has 5 heterocycles. The van der Waals surface area contributed by atoms with E-state index in [1.165, 1.54) is 12.3 Å². The summed E-state index contributed by atoms with van der Waals surface area (Å²) in [5.41, 5.74) is 8.37. The molecule has 7 N–H and O–H groups in total. The average Bonchev–Trinajstić information content (AvgIpc) is 3.85. The van der Waals surface area contributed by atoms with Gasteiger partial charge in [-0.3, -0.25) is 14.6 Å². The number of hydrogen-bond acceptors (Lipinski definition) is 15. The molecule has 16 nitrogen and oxygen atoms in total. The van der Waals surface area contributed by atoms with Crippen molar-refractivity contribution in [2.24, 2.45) is 10.7 Å². The Kier molecular flexibility index (Phi) is 10.1. The Balaban J connectivity index is 1.17. The number of carbonyl (C=O) groups excluding carboxylic acids is 1. The number of aliphatic carboxylic acids is 1. The number of para-hydroxylation sites is 1. The number of methoxy groups -OCH3 is 2. The number of esters is 1. The van der Waals surface area contributed by atoms with Crippen molar-refractivity contribution in [1.29, 1.82) is 0 Å². The maximum Gasteiger partial charge on any atom is 0.317 e. The number of carbonyl (C=O) groups is 2. The van der Waals surface area contributed by atoms with Crippen molar-refractivity contribution in [2.45, 2.75) is 73.4 Å². The lowest BCUT2D eigenvalue weighted by molar-refractivity contribution is -0.321. The Bertz CT molecular complexity index is 2500. The molecule has 0 saturated carbocycles. The molecule has 1 saturated heterocycles. The third-order valence-corrected chi connectivity index (χ3v) is 11.7. The largest absolute Gasteiger partial charge is 0.493 e. The second-order valence-corrected chi connectivity index (χ2v) is 15.2. The number of ether oxygens (including phenoxy) is 7. The molecule has 0 bridgehead atoms. The fourth-order valence-corrected chi connectivity index (χ4v) is 8.98. The summed E-state index contributed by atoms with van der Waals surface area (Å²) in [5.74, 6) is -0.843. The predicted octanol–water partition coefficient (Wildman–Crippen LogP) is 1.10. The van der Waals surface area contributed by atoms with Crippen molar-refractivity contribution in [2.75, 3.05) is 20.8 Å². The quantitative estimate of drug-likeness (QED) is 0.0973. The number of nitrogens with one attached hydrogen (secondary N) is 1. The summed E-state index contributed by atoms with van der Waals surface area (Å²) < 4.78 is 43.7. The normalized spacial score (nSPS) is 29.4. The van der Waals surface area contributed by atoms with E-state index in [1.807, 2.05) is 66.7 Å². The number of hydrogen-bond donors (Lipinski definition) is 6. The van der Waals surface area contributed by atoms with E-state index in [9.17, 15) is 30.0 Å². The second kappa shape index (κ2) is 15.5. The topological polar surface area (TPSA) is 230 Å². The van der Waals surface area contributed by atoms with Crippen molar-refractivity contribution < 1.29 is 63.2 Å². The lowest BCUT2D eigenvalue weighted by atomic mass is 9.79. The van der Waals surface area contributed by atoms with Crippen molar-refractivity contribution in [3.05, 3.63) is 124 Å². The minimum absolute atomic E-state index is 0.150. The van der Waals surface area contributed by atoms with Gasteiger partial charge in [0.25, 0.3) is 0 Å². The van der Waals surface area contributed by atoms with Crippen LogP contribution in [0.1, 0.15) is 40.7 Å². The van der Waals surface area contributed by atoms with Crippen molar-refractivity contribution in [3.8, 4) is 28.7 Å². The molecule has 5 aliphatic rings. The average molecular weight is 822 g/mol. The number of rotatable bonds is 10. The van der Waals surface area contributed by atoms with Gasteiger partial charge in [-0.15, -0.1) is 0 Å². The van der Waals surface area contributed by atoms with Crippen LogP contribution >= 0.6 is 0 Å². The van der Waals surface area contributed by atoms with Gasteiger partial charge in [0.05, 0.1) is 32.0 Å². The molecule has 312 valence electrons. The van der Waals surface area contributed by atoms with Crippen molar-refractivity contribution >= 4 is 17.5 Å². The smallest absolute Gasteiger partial charge is 0.317 e. The van der Waals surface area contributed by atoms with Crippen LogP contribution in [0, 0.1) is 0 Å². The number of aliphatic hydroxyl groups excluding tert-OH is 3. The molecule has 5 aliphatic heterocycles. The highest BCUT2D eigenvalue weighted by atomic mass is 16.7. The van der Waals surface area contributed by atoms with Crippen LogP contribution in [0.5, 0.6) is 28.7 Å². The van der Waals surface area contributed by atoms with Crippen molar-refractivity contribution in [1.82, 2.24) is 5.32 Å². The maximum absolute atomic E-state index is 12.6. The monoisotopic (exact) mass is 821 g/mol. The molecule has 1 spiro atoms. The predicted molar refractivity (Wildman–Crippen MR) is 210 cm³/mol. The number of nitrogens with zero attached hydrogens (tertiary/aromatic N) is 1. The fraction of sp³-hybridized carbons (Fsp3) is 0.341. The summed E-state index contributed by atoms with van der Waals surface area (Å²) in [7, 11) is 3.13. The Labute approximate surface area is 343 Å². The molecular formula is C44H43N3O13. The third kappa shape index (κ3) is 6.56. The minimum atomic E-state index is -2.09. The molecular weight excluding hydrogens is 778 g/mol. The number of carboxylic acid groups (broad SMARTS) is 1. The van der Waals surface area contributed by atoms with E-state index >= 15 is 0 Å². The summed E-state index contributed by atoms with van der Waals surface area (Å²) in [6, 6.07) is 24.9. The van der Waals surface area contributed by atoms with Crippen LogP contribution in [0.3, 0.4) is 0 Å². The standard InChI is InChI=1S/C44H43N3O13/c1-54-28-13-12-24-33-29(16-21-8-4-3-5-9-21)57-30-18-22(17-25(26-20-47-27-11-7-6-10-23(26)27)34(30)39(33)59-37(24)38(28)55-2)56-43-36(52)35(51)40(53)44(60-43)14-15-46-42(45)41(44)58-32(50)19-31(48)49/h3-15,17-18,29,33,35-36,39-43,46,51-53H,16,19-20,45H2,1-2H3,(H,48,49). The minimum Gasteiger partial charge on any atom is -0.493 e. The van der Waals surface area contributed by atoms with E-state index in [-0.39, 0.29) is 11.7 Å². The lowest BCUT2D eigenvalue weighted by Gasteiger charge is -2.52. The molecule has 1 fully saturated rings. The summed E-state index contributed by atoms with van der Waals surface area (Å²) in [6.07, 6.45) is -9.04. The van der Waals surface area contributed by atoms with Gasteiger partial charge in [0.15, 0.2) is 23.2 Å². The van der Waals surface area contributed by atoms with E-state index in [0.29, 0.717) is 41.5 Å². The molecule has 10 unspecified atom stereocenters. The summed E-state index contributed by atoms with van der Waals surface area (Å²) in [5, 5.41) is 47.8. The number of carboxylic acids is 1. The highest BCUT2D eigenvalue weighted by Crippen LogP contribution is 2.60. The summed E-state index contributed by atoms with van der Waals surface area (Å²) >= 11 is 0. The van der Waals surface area contributed by atoms with Crippen LogP contribution in [-0.4, -0.2) is 102 Å². The van der Waals surface area contributed by atoms with E-state index in [0.717, 1.165) is 32.8 Å².